The van der Waals surface area contributed by atoms with Crippen LogP contribution in [0.3, 0.4) is 0 Å². The molecule has 0 saturated carbocycles. The maximum atomic E-state index is 11.2. The zero-order valence-electron chi connectivity index (χ0n) is 7.43. The van der Waals surface area contributed by atoms with Gasteiger partial charge in [0.1, 0.15) is 6.04 Å². The van der Waals surface area contributed by atoms with Crippen LogP contribution in [0.5, 0.6) is 0 Å². The number of rotatable bonds is 3. The van der Waals surface area contributed by atoms with Crippen LogP contribution in [0.1, 0.15) is 18.5 Å². The molecule has 1 atom stereocenters. The molecule has 4 heteroatoms. The van der Waals surface area contributed by atoms with E-state index in [2.05, 4.69) is 4.98 Å². The van der Waals surface area contributed by atoms with Gasteiger partial charge in [-0.1, -0.05) is 0 Å². The van der Waals surface area contributed by atoms with Gasteiger partial charge in [-0.3, -0.25) is 4.98 Å². The normalized spacial score (nSPS) is 12.2. The molecule has 1 heterocycles. The van der Waals surface area contributed by atoms with Gasteiger partial charge >= 0.3 is 5.97 Å². The van der Waals surface area contributed by atoms with E-state index in [9.17, 15) is 4.79 Å². The molecular weight excluding hydrogens is 168 g/mol. The van der Waals surface area contributed by atoms with Crippen molar-refractivity contribution in [1.29, 1.82) is 0 Å². The Morgan fingerprint density at radius 1 is 1.62 bits per heavy atom. The highest BCUT2D eigenvalue weighted by molar-refractivity contribution is 5.77. The summed E-state index contributed by atoms with van der Waals surface area (Å²) in [6, 6.07) is 2.69. The highest BCUT2D eigenvalue weighted by Gasteiger charge is 2.15. The maximum absolute atomic E-state index is 11.2. The lowest BCUT2D eigenvalue weighted by atomic mass is 10.1. The average Bonchev–Trinajstić information content (AvgIpc) is 2.18. The lowest BCUT2D eigenvalue weighted by Gasteiger charge is -2.09. The van der Waals surface area contributed by atoms with Gasteiger partial charge in [-0.25, -0.2) is 4.79 Å². The van der Waals surface area contributed by atoms with E-state index in [0.29, 0.717) is 12.2 Å². The molecule has 13 heavy (non-hydrogen) atoms. The van der Waals surface area contributed by atoms with Crippen LogP contribution >= 0.6 is 0 Å². The number of esters is 1. The Hall–Kier alpha value is -1.42. The van der Waals surface area contributed by atoms with Gasteiger partial charge in [-0.05, 0) is 24.6 Å². The first-order chi connectivity index (χ1) is 6.25. The number of hydrogen-bond donors (Lipinski definition) is 1. The van der Waals surface area contributed by atoms with Gasteiger partial charge in [0.15, 0.2) is 0 Å². The van der Waals surface area contributed by atoms with E-state index in [0.717, 1.165) is 0 Å². The number of nitrogens with zero attached hydrogens (tertiary/aromatic N) is 1. The van der Waals surface area contributed by atoms with Crippen LogP contribution < -0.4 is 5.73 Å². The SMILES string of the molecule is CCOC(=O)[C@H](N)c1ccncc1. The third-order valence-electron chi connectivity index (χ3n) is 1.61. The van der Waals surface area contributed by atoms with Crippen LogP contribution in [0, 0.1) is 0 Å². The minimum Gasteiger partial charge on any atom is -0.465 e. The Labute approximate surface area is 76.7 Å². The van der Waals surface area contributed by atoms with Crippen LogP contribution in [0.15, 0.2) is 24.5 Å². The predicted octanol–water partition coefficient (Wildman–Crippen LogP) is 0.644. The fourth-order valence-electron chi connectivity index (χ4n) is 0.939. The standard InChI is InChI=1S/C9H12N2O2/c1-2-13-9(12)8(10)7-3-5-11-6-4-7/h3-6,8H,2,10H2,1H3/t8-/m1/s1. The molecule has 1 rings (SSSR count). The lowest BCUT2D eigenvalue weighted by molar-refractivity contribution is -0.144. The number of nitrogens with two attached hydrogens (primary N) is 1. The summed E-state index contributed by atoms with van der Waals surface area (Å²) in [5, 5.41) is 0. The van der Waals surface area contributed by atoms with Crippen molar-refractivity contribution in [3.63, 3.8) is 0 Å². The van der Waals surface area contributed by atoms with Crippen LogP contribution in [0.2, 0.25) is 0 Å². The van der Waals surface area contributed by atoms with Gasteiger partial charge in [-0.15, -0.1) is 0 Å². The molecule has 0 radical (unpaired) electrons. The minimum atomic E-state index is -0.706. The molecule has 4 nitrogen and oxygen atoms in total. The van der Waals surface area contributed by atoms with E-state index in [4.69, 9.17) is 10.5 Å². The number of pyridine rings is 1. The second-order valence-corrected chi connectivity index (χ2v) is 2.51. The summed E-state index contributed by atoms with van der Waals surface area (Å²) < 4.78 is 4.77. The van der Waals surface area contributed by atoms with Crippen LogP contribution in [-0.4, -0.2) is 17.6 Å². The van der Waals surface area contributed by atoms with Gasteiger partial charge in [0.25, 0.3) is 0 Å². The van der Waals surface area contributed by atoms with Crippen LogP contribution in [0.25, 0.3) is 0 Å². The molecule has 0 spiro atoms. The van der Waals surface area contributed by atoms with E-state index in [1.54, 1.807) is 31.5 Å². The van der Waals surface area contributed by atoms with E-state index in [1.165, 1.54) is 0 Å². The predicted molar refractivity (Wildman–Crippen MR) is 47.8 cm³/mol. The Balaban J connectivity index is 2.68. The summed E-state index contributed by atoms with van der Waals surface area (Å²) in [5.41, 5.74) is 6.34. The molecule has 1 aromatic heterocycles. The zero-order valence-corrected chi connectivity index (χ0v) is 7.43. The third kappa shape index (κ3) is 2.52. The molecule has 0 fully saturated rings. The monoisotopic (exact) mass is 180 g/mol. The second kappa shape index (κ2) is 4.57. The number of ether oxygens (including phenoxy) is 1. The molecule has 0 unspecified atom stereocenters. The molecule has 0 amide bonds. The summed E-state index contributed by atoms with van der Waals surface area (Å²) in [6.45, 7) is 2.09. The third-order valence-corrected chi connectivity index (χ3v) is 1.61. The van der Waals surface area contributed by atoms with Gasteiger partial charge < -0.3 is 10.5 Å². The minimum absolute atomic E-state index is 0.345. The van der Waals surface area contributed by atoms with Gasteiger partial charge in [0.05, 0.1) is 6.61 Å². The van der Waals surface area contributed by atoms with E-state index < -0.39 is 12.0 Å². The fourth-order valence-corrected chi connectivity index (χ4v) is 0.939. The van der Waals surface area contributed by atoms with Crippen molar-refractivity contribution >= 4 is 5.97 Å². The molecule has 0 bridgehead atoms. The Morgan fingerprint density at radius 3 is 2.77 bits per heavy atom. The number of hydrogen-bond acceptors (Lipinski definition) is 4. The highest BCUT2D eigenvalue weighted by atomic mass is 16.5. The fraction of sp³-hybridized carbons (Fsp3) is 0.333. The van der Waals surface area contributed by atoms with Gasteiger partial charge in [0.2, 0.25) is 0 Å². The Bertz CT molecular complexity index is 274. The summed E-state index contributed by atoms with van der Waals surface area (Å²) in [4.78, 5) is 15.0. The summed E-state index contributed by atoms with van der Waals surface area (Å²) in [7, 11) is 0. The zero-order chi connectivity index (χ0) is 9.68. The van der Waals surface area contributed by atoms with Crippen molar-refractivity contribution < 1.29 is 9.53 Å². The van der Waals surface area contributed by atoms with Crippen LogP contribution in [0.4, 0.5) is 0 Å². The quantitative estimate of drug-likeness (QED) is 0.693. The number of carbonyl (C=O) groups excluding carboxylic acids is 1. The molecular formula is C9H12N2O2. The summed E-state index contributed by atoms with van der Waals surface area (Å²) in [5.74, 6) is -0.409. The van der Waals surface area contributed by atoms with Crippen molar-refractivity contribution in [2.75, 3.05) is 6.61 Å². The first-order valence-corrected chi connectivity index (χ1v) is 4.08. The molecule has 1 aromatic rings. The maximum Gasteiger partial charge on any atom is 0.327 e. The first-order valence-electron chi connectivity index (χ1n) is 4.08. The van der Waals surface area contributed by atoms with Crippen molar-refractivity contribution in [2.45, 2.75) is 13.0 Å². The largest absolute Gasteiger partial charge is 0.465 e. The van der Waals surface area contributed by atoms with Crippen molar-refractivity contribution in [3.8, 4) is 0 Å². The Kier molecular flexibility index (Phi) is 3.40. The topological polar surface area (TPSA) is 65.2 Å². The average molecular weight is 180 g/mol. The Morgan fingerprint density at radius 2 is 2.23 bits per heavy atom. The molecule has 0 aliphatic rings. The van der Waals surface area contributed by atoms with Gasteiger partial charge in [-0.2, -0.15) is 0 Å². The number of aromatic nitrogens is 1. The van der Waals surface area contributed by atoms with Gasteiger partial charge in [0, 0.05) is 12.4 Å². The van der Waals surface area contributed by atoms with Crippen molar-refractivity contribution in [2.24, 2.45) is 5.73 Å². The highest BCUT2D eigenvalue weighted by Crippen LogP contribution is 2.09. The first kappa shape index (κ1) is 9.67. The molecule has 0 aromatic carbocycles. The van der Waals surface area contributed by atoms with Crippen molar-refractivity contribution in [1.82, 2.24) is 4.98 Å². The lowest BCUT2D eigenvalue weighted by Crippen LogP contribution is -2.23. The molecule has 0 aliphatic heterocycles. The second-order valence-electron chi connectivity index (χ2n) is 2.51. The van der Waals surface area contributed by atoms with Crippen LogP contribution in [-0.2, 0) is 9.53 Å². The molecule has 0 aliphatic carbocycles. The molecule has 0 saturated heterocycles. The molecule has 70 valence electrons. The summed E-state index contributed by atoms with van der Waals surface area (Å²) in [6.07, 6.45) is 3.18. The smallest absolute Gasteiger partial charge is 0.327 e. The van der Waals surface area contributed by atoms with E-state index in [-0.39, 0.29) is 0 Å². The van der Waals surface area contributed by atoms with E-state index in [1.807, 2.05) is 0 Å². The molecule has 2 N–H and O–H groups in total. The van der Waals surface area contributed by atoms with E-state index >= 15 is 0 Å². The summed E-state index contributed by atoms with van der Waals surface area (Å²) >= 11 is 0. The number of carbonyl (C=O) groups is 1. The van der Waals surface area contributed by atoms with Crippen molar-refractivity contribution in [3.05, 3.63) is 30.1 Å².